The van der Waals surface area contributed by atoms with E-state index in [4.69, 9.17) is 0 Å². The monoisotopic (exact) mass is 379 g/mol. The zero-order chi connectivity index (χ0) is 18.9. The van der Waals surface area contributed by atoms with E-state index in [0.29, 0.717) is 23.3 Å². The lowest BCUT2D eigenvalue weighted by atomic mass is 10.2. The van der Waals surface area contributed by atoms with Crippen LogP contribution in [0.2, 0.25) is 0 Å². The van der Waals surface area contributed by atoms with Crippen molar-refractivity contribution in [2.45, 2.75) is 11.4 Å². The average Bonchev–Trinajstić information content (AvgIpc) is 3.15. The van der Waals surface area contributed by atoms with Gasteiger partial charge in [-0.2, -0.15) is 0 Å². The van der Waals surface area contributed by atoms with E-state index in [-0.39, 0.29) is 4.90 Å². The van der Waals surface area contributed by atoms with Crippen LogP contribution in [0, 0.1) is 0 Å². The summed E-state index contributed by atoms with van der Waals surface area (Å²) in [6.45, 7) is 0.419. The van der Waals surface area contributed by atoms with Crippen LogP contribution in [0.5, 0.6) is 0 Å². The number of fused-ring (bicyclic) bond motifs is 1. The molecule has 4 aromatic rings. The van der Waals surface area contributed by atoms with E-state index in [2.05, 4.69) is 25.3 Å². The Hall–Kier alpha value is -3.26. The highest BCUT2D eigenvalue weighted by Crippen LogP contribution is 2.23. The summed E-state index contributed by atoms with van der Waals surface area (Å²) in [4.78, 5) is 16.3. The molecule has 0 amide bonds. The highest BCUT2D eigenvalue weighted by Gasteiger charge is 2.11. The maximum atomic E-state index is 11.8. The lowest BCUT2D eigenvalue weighted by molar-refractivity contribution is 0.602. The normalized spacial score (nSPS) is 11.6. The van der Waals surface area contributed by atoms with Crippen LogP contribution in [0.4, 0.5) is 5.82 Å². The second kappa shape index (κ2) is 6.81. The molecule has 27 heavy (non-hydrogen) atoms. The van der Waals surface area contributed by atoms with E-state index < -0.39 is 9.84 Å². The number of H-pyrrole nitrogens is 1. The van der Waals surface area contributed by atoms with Gasteiger partial charge in [0.15, 0.2) is 9.84 Å². The molecule has 2 N–H and O–H groups in total. The number of aromatic amines is 1. The van der Waals surface area contributed by atoms with Gasteiger partial charge in [0.25, 0.3) is 0 Å². The number of aromatic nitrogens is 4. The van der Waals surface area contributed by atoms with Gasteiger partial charge in [0.05, 0.1) is 28.8 Å². The van der Waals surface area contributed by atoms with Crippen molar-refractivity contribution in [3.63, 3.8) is 0 Å². The van der Waals surface area contributed by atoms with E-state index in [1.807, 2.05) is 30.3 Å². The first-order chi connectivity index (χ1) is 13.0. The van der Waals surface area contributed by atoms with Crippen molar-refractivity contribution in [3.8, 4) is 11.3 Å². The molecule has 0 aliphatic rings. The molecule has 2 heterocycles. The summed E-state index contributed by atoms with van der Waals surface area (Å²) in [6.07, 6.45) is 4.41. The SMILES string of the molecule is CS(=O)(=O)c1ccc2ncnc(NCc3ncc(-c4ccccc4)[nH]3)c2c1. The quantitative estimate of drug-likeness (QED) is 0.553. The fraction of sp³-hybridized carbons (Fsp3) is 0.105. The van der Waals surface area contributed by atoms with Crippen LogP contribution < -0.4 is 5.32 Å². The van der Waals surface area contributed by atoms with Crippen molar-refractivity contribution in [1.29, 1.82) is 0 Å². The van der Waals surface area contributed by atoms with Gasteiger partial charge in [-0.3, -0.25) is 0 Å². The molecule has 2 aromatic carbocycles. The van der Waals surface area contributed by atoms with Gasteiger partial charge < -0.3 is 10.3 Å². The van der Waals surface area contributed by atoms with Crippen molar-refractivity contribution in [2.24, 2.45) is 0 Å². The smallest absolute Gasteiger partial charge is 0.175 e. The highest BCUT2D eigenvalue weighted by atomic mass is 32.2. The number of nitrogens with zero attached hydrogens (tertiary/aromatic N) is 3. The molecule has 136 valence electrons. The van der Waals surface area contributed by atoms with Gasteiger partial charge in [-0.1, -0.05) is 30.3 Å². The summed E-state index contributed by atoms with van der Waals surface area (Å²) >= 11 is 0. The molecule has 0 saturated carbocycles. The van der Waals surface area contributed by atoms with Gasteiger partial charge in [-0.15, -0.1) is 0 Å². The zero-order valence-corrected chi connectivity index (χ0v) is 15.4. The van der Waals surface area contributed by atoms with Crippen LogP contribution in [-0.4, -0.2) is 34.6 Å². The predicted molar refractivity (Wildman–Crippen MR) is 104 cm³/mol. The number of benzene rings is 2. The van der Waals surface area contributed by atoms with Crippen LogP contribution in [-0.2, 0) is 16.4 Å². The van der Waals surface area contributed by atoms with Crippen LogP contribution in [0.3, 0.4) is 0 Å². The molecule has 0 saturated heterocycles. The van der Waals surface area contributed by atoms with Crippen LogP contribution in [0.25, 0.3) is 22.2 Å². The summed E-state index contributed by atoms with van der Waals surface area (Å²) in [7, 11) is -3.31. The zero-order valence-electron chi connectivity index (χ0n) is 14.5. The molecule has 0 unspecified atom stereocenters. The Kier molecular flexibility index (Phi) is 4.33. The number of imidazole rings is 1. The molecule has 0 atom stereocenters. The summed E-state index contributed by atoms with van der Waals surface area (Å²) in [5, 5.41) is 3.86. The molecule has 0 aliphatic carbocycles. The molecule has 7 nitrogen and oxygen atoms in total. The fourth-order valence-electron chi connectivity index (χ4n) is 2.79. The molecule has 0 spiro atoms. The van der Waals surface area contributed by atoms with Crippen molar-refractivity contribution >= 4 is 26.6 Å². The van der Waals surface area contributed by atoms with Gasteiger partial charge in [-0.05, 0) is 23.8 Å². The second-order valence-electron chi connectivity index (χ2n) is 6.14. The number of hydrogen-bond acceptors (Lipinski definition) is 6. The number of anilines is 1. The topological polar surface area (TPSA) is 101 Å². The Morgan fingerprint density at radius 1 is 1.04 bits per heavy atom. The van der Waals surface area contributed by atoms with E-state index in [9.17, 15) is 8.42 Å². The largest absolute Gasteiger partial charge is 0.362 e. The van der Waals surface area contributed by atoms with Gasteiger partial charge in [0, 0.05) is 11.6 Å². The first-order valence-electron chi connectivity index (χ1n) is 8.29. The predicted octanol–water partition coefficient (Wildman–Crippen LogP) is 3.04. The van der Waals surface area contributed by atoms with E-state index in [0.717, 1.165) is 17.1 Å². The standard InChI is InChI=1S/C19H17N5O2S/c1-27(25,26)14-7-8-16-15(9-14)19(23-12-22-16)21-11-18-20-10-17(24-18)13-5-3-2-4-6-13/h2-10,12H,11H2,1H3,(H,20,24)(H,21,22,23). The molecule has 4 rings (SSSR count). The fourth-order valence-corrected chi connectivity index (χ4v) is 3.44. The Morgan fingerprint density at radius 2 is 1.85 bits per heavy atom. The minimum absolute atomic E-state index is 0.234. The van der Waals surface area contributed by atoms with Crippen molar-refractivity contribution in [1.82, 2.24) is 19.9 Å². The maximum Gasteiger partial charge on any atom is 0.175 e. The van der Waals surface area contributed by atoms with E-state index in [1.165, 1.54) is 12.6 Å². The van der Waals surface area contributed by atoms with Gasteiger partial charge in [0.1, 0.15) is 18.0 Å². The number of rotatable bonds is 5. The Labute approximate surface area is 156 Å². The van der Waals surface area contributed by atoms with Crippen molar-refractivity contribution < 1.29 is 8.42 Å². The molecule has 0 bridgehead atoms. The summed E-state index contributed by atoms with van der Waals surface area (Å²) in [5.74, 6) is 1.31. The van der Waals surface area contributed by atoms with Crippen LogP contribution in [0.15, 0.2) is 66.0 Å². The van der Waals surface area contributed by atoms with Crippen molar-refractivity contribution in [3.05, 3.63) is 66.9 Å². The minimum atomic E-state index is -3.31. The first kappa shape index (κ1) is 17.2. The lowest BCUT2D eigenvalue weighted by Gasteiger charge is -2.08. The summed E-state index contributed by atoms with van der Waals surface area (Å²) in [6, 6.07) is 14.7. The van der Waals surface area contributed by atoms with Crippen molar-refractivity contribution in [2.75, 3.05) is 11.6 Å². The molecule has 0 aliphatic heterocycles. The summed E-state index contributed by atoms with van der Waals surface area (Å²) < 4.78 is 23.7. The molecule has 8 heteroatoms. The second-order valence-corrected chi connectivity index (χ2v) is 8.15. The average molecular weight is 379 g/mol. The minimum Gasteiger partial charge on any atom is -0.362 e. The molecule has 2 aromatic heterocycles. The highest BCUT2D eigenvalue weighted by molar-refractivity contribution is 7.90. The maximum absolute atomic E-state index is 11.8. The van der Waals surface area contributed by atoms with Crippen LogP contribution >= 0.6 is 0 Å². The Balaban J connectivity index is 1.60. The van der Waals surface area contributed by atoms with Crippen LogP contribution in [0.1, 0.15) is 5.82 Å². The van der Waals surface area contributed by atoms with E-state index in [1.54, 1.807) is 24.4 Å². The summed E-state index contributed by atoms with van der Waals surface area (Å²) in [5.41, 5.74) is 2.66. The third-order valence-corrected chi connectivity index (χ3v) is 5.28. The van der Waals surface area contributed by atoms with Gasteiger partial charge in [0.2, 0.25) is 0 Å². The van der Waals surface area contributed by atoms with Gasteiger partial charge >= 0.3 is 0 Å². The molecule has 0 fully saturated rings. The Bertz CT molecular complexity index is 1200. The van der Waals surface area contributed by atoms with E-state index >= 15 is 0 Å². The number of sulfone groups is 1. The molecule has 0 radical (unpaired) electrons. The molecular formula is C19H17N5O2S. The first-order valence-corrected chi connectivity index (χ1v) is 10.2. The number of hydrogen-bond donors (Lipinski definition) is 2. The number of nitrogens with one attached hydrogen (secondary N) is 2. The molecular weight excluding hydrogens is 362 g/mol. The third-order valence-electron chi connectivity index (χ3n) is 4.17. The van der Waals surface area contributed by atoms with Gasteiger partial charge in [-0.25, -0.2) is 23.4 Å². The Morgan fingerprint density at radius 3 is 2.63 bits per heavy atom. The lowest BCUT2D eigenvalue weighted by Crippen LogP contribution is -2.05. The third kappa shape index (κ3) is 3.65.